The third-order valence-corrected chi connectivity index (χ3v) is 2.52. The van der Waals surface area contributed by atoms with E-state index in [1.165, 1.54) is 0 Å². The first-order valence-electron chi connectivity index (χ1n) is 5.58. The van der Waals surface area contributed by atoms with E-state index in [0.717, 1.165) is 6.54 Å². The van der Waals surface area contributed by atoms with Crippen LogP contribution in [0.4, 0.5) is 0 Å². The van der Waals surface area contributed by atoms with Gasteiger partial charge >= 0.3 is 0 Å². The fourth-order valence-corrected chi connectivity index (χ4v) is 1.44. The molecule has 0 aliphatic rings. The molecule has 0 spiro atoms. The molecule has 0 aromatic rings. The number of likely N-dealkylation sites (N-methyl/N-ethyl adjacent to an activating group) is 1. The maximum atomic E-state index is 11.5. The van der Waals surface area contributed by atoms with Gasteiger partial charge in [-0.05, 0) is 19.9 Å². The molecule has 0 saturated carbocycles. The van der Waals surface area contributed by atoms with Crippen LogP contribution in [0, 0.1) is 5.92 Å². The molecule has 0 saturated heterocycles. The molecular weight excluding hydrogens is 222 g/mol. The van der Waals surface area contributed by atoms with Crippen LogP contribution < -0.4 is 11.1 Å². The Bertz CT molecular complexity index is 243. The highest BCUT2D eigenvalue weighted by Crippen LogP contribution is 2.00. The van der Waals surface area contributed by atoms with Crippen molar-refractivity contribution in [2.45, 2.75) is 33.2 Å². The zero-order valence-electron chi connectivity index (χ0n) is 10.6. The Balaban J connectivity index is 3.89. The van der Waals surface area contributed by atoms with Crippen LogP contribution in [0.3, 0.4) is 0 Å². The van der Waals surface area contributed by atoms with Crippen LogP contribution >= 0.6 is 12.2 Å². The Morgan fingerprint density at radius 3 is 2.44 bits per heavy atom. The van der Waals surface area contributed by atoms with Gasteiger partial charge in [0.05, 0.1) is 11.5 Å². The summed E-state index contributed by atoms with van der Waals surface area (Å²) < 4.78 is 0. The lowest BCUT2D eigenvalue weighted by Crippen LogP contribution is -2.41. The van der Waals surface area contributed by atoms with Gasteiger partial charge in [-0.25, -0.2) is 0 Å². The van der Waals surface area contributed by atoms with Crippen molar-refractivity contribution in [1.29, 1.82) is 0 Å². The molecule has 4 nitrogen and oxygen atoms in total. The van der Waals surface area contributed by atoms with Crippen LogP contribution in [-0.2, 0) is 4.79 Å². The van der Waals surface area contributed by atoms with E-state index in [4.69, 9.17) is 18.0 Å². The first-order chi connectivity index (χ1) is 7.32. The predicted molar refractivity (Wildman–Crippen MR) is 71.3 cm³/mol. The quantitative estimate of drug-likeness (QED) is 0.650. The van der Waals surface area contributed by atoms with Crippen LogP contribution in [0.5, 0.6) is 0 Å². The summed E-state index contributed by atoms with van der Waals surface area (Å²) in [5, 5.41) is 2.88. The lowest BCUT2D eigenvalue weighted by Gasteiger charge is -2.23. The van der Waals surface area contributed by atoms with Crippen LogP contribution in [-0.4, -0.2) is 42.0 Å². The lowest BCUT2D eigenvalue weighted by atomic mass is 10.2. The van der Waals surface area contributed by atoms with Gasteiger partial charge in [-0.1, -0.05) is 26.1 Å². The highest BCUT2D eigenvalue weighted by molar-refractivity contribution is 7.80. The zero-order valence-corrected chi connectivity index (χ0v) is 11.4. The van der Waals surface area contributed by atoms with Gasteiger partial charge in [0.25, 0.3) is 0 Å². The Labute approximate surface area is 104 Å². The number of carbonyl (C=O) groups is 1. The van der Waals surface area contributed by atoms with Gasteiger partial charge in [0.2, 0.25) is 5.91 Å². The summed E-state index contributed by atoms with van der Waals surface area (Å²) in [4.78, 5) is 14.0. The maximum Gasteiger partial charge on any atom is 0.234 e. The van der Waals surface area contributed by atoms with Gasteiger partial charge in [0.15, 0.2) is 0 Å². The molecule has 0 aromatic heterocycles. The molecular formula is C11H23N3OS. The number of hydrogen-bond acceptors (Lipinski definition) is 3. The van der Waals surface area contributed by atoms with Crippen molar-refractivity contribution < 1.29 is 4.79 Å². The largest absolute Gasteiger partial charge is 0.393 e. The van der Waals surface area contributed by atoms with Crippen molar-refractivity contribution >= 4 is 23.1 Å². The van der Waals surface area contributed by atoms with Gasteiger partial charge in [-0.15, -0.1) is 0 Å². The third-order valence-electron chi connectivity index (χ3n) is 2.35. The summed E-state index contributed by atoms with van der Waals surface area (Å²) in [6, 6.07) is 0.197. The van der Waals surface area contributed by atoms with Crippen molar-refractivity contribution in [1.82, 2.24) is 10.2 Å². The van der Waals surface area contributed by atoms with Crippen molar-refractivity contribution in [3.8, 4) is 0 Å². The molecule has 0 radical (unpaired) electrons. The molecule has 0 aromatic carbocycles. The van der Waals surface area contributed by atoms with Crippen molar-refractivity contribution in [2.24, 2.45) is 11.7 Å². The summed E-state index contributed by atoms with van der Waals surface area (Å²) in [6.07, 6.45) is 0.642. The first-order valence-corrected chi connectivity index (χ1v) is 5.99. The minimum Gasteiger partial charge on any atom is -0.393 e. The van der Waals surface area contributed by atoms with Gasteiger partial charge < -0.3 is 11.1 Å². The number of carbonyl (C=O) groups excluding carboxylic acids is 1. The highest BCUT2D eigenvalue weighted by Gasteiger charge is 2.13. The van der Waals surface area contributed by atoms with Crippen LogP contribution in [0.25, 0.3) is 0 Å². The number of nitrogens with two attached hydrogens (primary N) is 1. The molecule has 16 heavy (non-hydrogen) atoms. The van der Waals surface area contributed by atoms with E-state index >= 15 is 0 Å². The number of thiocarbonyl (C=S) groups is 1. The van der Waals surface area contributed by atoms with E-state index in [1.807, 2.05) is 18.9 Å². The second-order valence-electron chi connectivity index (χ2n) is 4.63. The van der Waals surface area contributed by atoms with Gasteiger partial charge in [0, 0.05) is 19.0 Å². The standard InChI is InChI=1S/C11H23N3OS/c1-8(2)6-13-11(15)7-14(4)9(3)5-10(12)16/h8-9H,5-7H2,1-4H3,(H2,12,16)(H,13,15). The number of nitrogens with zero attached hydrogens (tertiary/aromatic N) is 1. The summed E-state index contributed by atoms with van der Waals surface area (Å²) >= 11 is 4.84. The monoisotopic (exact) mass is 245 g/mol. The van der Waals surface area contributed by atoms with Crippen LogP contribution in [0.2, 0.25) is 0 Å². The molecule has 3 N–H and O–H groups in total. The number of rotatable bonds is 7. The molecule has 0 bridgehead atoms. The molecule has 0 rings (SSSR count). The normalized spacial score (nSPS) is 12.9. The molecule has 94 valence electrons. The average Bonchev–Trinajstić information content (AvgIpc) is 2.13. The molecule has 0 fully saturated rings. The Morgan fingerprint density at radius 1 is 1.44 bits per heavy atom. The fraction of sp³-hybridized carbons (Fsp3) is 0.818. The summed E-state index contributed by atoms with van der Waals surface area (Å²) in [5.74, 6) is 0.522. The van der Waals surface area contributed by atoms with Crippen molar-refractivity contribution in [3.63, 3.8) is 0 Å². The van der Waals surface area contributed by atoms with E-state index in [-0.39, 0.29) is 11.9 Å². The maximum absolute atomic E-state index is 11.5. The SMILES string of the molecule is CC(C)CNC(=O)CN(C)C(C)CC(N)=S. The molecule has 1 unspecified atom stereocenters. The van der Waals surface area contributed by atoms with E-state index in [1.54, 1.807) is 0 Å². The fourth-order valence-electron chi connectivity index (χ4n) is 1.20. The number of nitrogens with one attached hydrogen (secondary N) is 1. The van der Waals surface area contributed by atoms with Crippen molar-refractivity contribution in [3.05, 3.63) is 0 Å². The lowest BCUT2D eigenvalue weighted by molar-refractivity contribution is -0.122. The zero-order chi connectivity index (χ0) is 12.7. The summed E-state index contributed by atoms with van der Waals surface area (Å²) in [7, 11) is 1.90. The Morgan fingerprint density at radius 2 is 2.00 bits per heavy atom. The average molecular weight is 245 g/mol. The van der Waals surface area contributed by atoms with Gasteiger partial charge in [0.1, 0.15) is 0 Å². The summed E-state index contributed by atoms with van der Waals surface area (Å²) in [5.41, 5.74) is 5.46. The topological polar surface area (TPSA) is 58.4 Å². The van der Waals surface area contributed by atoms with E-state index in [0.29, 0.717) is 23.9 Å². The molecule has 1 amide bonds. The smallest absolute Gasteiger partial charge is 0.234 e. The van der Waals surface area contributed by atoms with Gasteiger partial charge in [-0.2, -0.15) is 0 Å². The minimum atomic E-state index is 0.0472. The predicted octanol–water partition coefficient (Wildman–Crippen LogP) is 0.755. The Kier molecular flexibility index (Phi) is 7.25. The highest BCUT2D eigenvalue weighted by atomic mass is 32.1. The molecule has 5 heteroatoms. The second-order valence-corrected chi connectivity index (χ2v) is 5.16. The van der Waals surface area contributed by atoms with Crippen molar-refractivity contribution in [2.75, 3.05) is 20.1 Å². The molecule has 0 aliphatic carbocycles. The third kappa shape index (κ3) is 7.59. The summed E-state index contributed by atoms with van der Waals surface area (Å²) in [6.45, 7) is 7.25. The Hall–Kier alpha value is -0.680. The minimum absolute atomic E-state index is 0.0472. The second kappa shape index (κ2) is 7.57. The molecule has 1 atom stereocenters. The van der Waals surface area contributed by atoms with Gasteiger partial charge in [-0.3, -0.25) is 9.69 Å². The van der Waals surface area contributed by atoms with E-state index in [2.05, 4.69) is 19.2 Å². The molecule has 0 aliphatic heterocycles. The van der Waals surface area contributed by atoms with E-state index in [9.17, 15) is 4.79 Å². The molecule has 0 heterocycles. The van der Waals surface area contributed by atoms with E-state index < -0.39 is 0 Å². The first kappa shape index (κ1) is 15.3. The number of amides is 1. The number of hydrogen-bond donors (Lipinski definition) is 2. The van der Waals surface area contributed by atoms with Crippen LogP contribution in [0.15, 0.2) is 0 Å². The van der Waals surface area contributed by atoms with Crippen LogP contribution in [0.1, 0.15) is 27.2 Å².